The van der Waals surface area contributed by atoms with E-state index in [9.17, 15) is 4.79 Å². The van der Waals surface area contributed by atoms with Crippen LogP contribution in [0.25, 0.3) is 0 Å². The number of anilines is 1. The number of aromatic nitrogens is 1. The van der Waals surface area contributed by atoms with Gasteiger partial charge in [0.05, 0.1) is 0 Å². The van der Waals surface area contributed by atoms with E-state index in [1.54, 1.807) is 18.3 Å². The van der Waals surface area contributed by atoms with E-state index in [0.717, 1.165) is 38.4 Å². The van der Waals surface area contributed by atoms with Gasteiger partial charge in [-0.2, -0.15) is 0 Å². The fraction of sp³-hybridized carbons (Fsp3) is 0.625. The van der Waals surface area contributed by atoms with Gasteiger partial charge in [0.2, 0.25) is 0 Å². The normalized spacial score (nSPS) is 18.5. The predicted molar refractivity (Wildman–Crippen MR) is 83.5 cm³/mol. The highest BCUT2D eigenvalue weighted by atomic mass is 16.5. The minimum absolute atomic E-state index is 0.0591. The fourth-order valence-corrected chi connectivity index (χ4v) is 2.45. The molecular weight excluding hydrogens is 266 g/mol. The summed E-state index contributed by atoms with van der Waals surface area (Å²) in [5, 5.41) is 6.18. The molecule has 21 heavy (non-hydrogen) atoms. The molecule has 0 unspecified atom stereocenters. The first-order valence-corrected chi connectivity index (χ1v) is 7.73. The van der Waals surface area contributed by atoms with Crippen LogP contribution in [0, 0.1) is 5.92 Å². The van der Waals surface area contributed by atoms with Crippen molar-refractivity contribution >= 4 is 11.7 Å². The number of nitrogens with zero attached hydrogens (tertiary/aromatic N) is 1. The van der Waals surface area contributed by atoms with Crippen molar-refractivity contribution in [2.75, 3.05) is 25.1 Å². The number of pyridine rings is 1. The zero-order valence-corrected chi connectivity index (χ0v) is 12.9. The molecule has 0 radical (unpaired) electrons. The molecule has 1 aromatic heterocycles. The third-order valence-corrected chi connectivity index (χ3v) is 3.56. The molecule has 2 rings (SSSR count). The number of ether oxygens (including phenoxy) is 1. The van der Waals surface area contributed by atoms with Crippen LogP contribution in [0.5, 0.6) is 0 Å². The monoisotopic (exact) mass is 291 g/mol. The van der Waals surface area contributed by atoms with Gasteiger partial charge in [0.1, 0.15) is 5.82 Å². The maximum atomic E-state index is 11.9. The molecule has 2 N–H and O–H groups in total. The quantitative estimate of drug-likeness (QED) is 0.845. The molecule has 0 bridgehead atoms. The van der Waals surface area contributed by atoms with Crippen LogP contribution in [0.4, 0.5) is 5.82 Å². The lowest BCUT2D eigenvalue weighted by atomic mass is 9.99. The Labute approximate surface area is 126 Å². The average molecular weight is 291 g/mol. The highest BCUT2D eigenvalue weighted by molar-refractivity contribution is 5.94. The number of nitrogens with one attached hydrogen (secondary N) is 2. The molecule has 2 heterocycles. The van der Waals surface area contributed by atoms with E-state index in [1.165, 1.54) is 6.42 Å². The van der Waals surface area contributed by atoms with Crippen molar-refractivity contribution in [1.29, 1.82) is 0 Å². The first kappa shape index (κ1) is 15.8. The van der Waals surface area contributed by atoms with Crippen LogP contribution in [0.3, 0.4) is 0 Å². The Morgan fingerprint density at radius 3 is 3.10 bits per heavy atom. The molecule has 5 nitrogen and oxygen atoms in total. The van der Waals surface area contributed by atoms with Crippen LogP contribution in [0.2, 0.25) is 0 Å². The summed E-state index contributed by atoms with van der Waals surface area (Å²) in [7, 11) is 0. The molecule has 116 valence electrons. The smallest absolute Gasteiger partial charge is 0.251 e. The second-order valence-corrected chi connectivity index (χ2v) is 5.86. The maximum Gasteiger partial charge on any atom is 0.251 e. The summed E-state index contributed by atoms with van der Waals surface area (Å²) in [5.74, 6) is 1.33. The molecule has 1 aliphatic heterocycles. The lowest BCUT2D eigenvalue weighted by Crippen LogP contribution is -2.30. The lowest BCUT2D eigenvalue weighted by molar-refractivity contribution is 0.0530. The standard InChI is InChI=1S/C16H25N3O2/c1-12(2)19-16(20)14-6-8-18-15(10-14)17-7-5-13-4-3-9-21-11-13/h6,8,10,12-13H,3-5,7,9,11H2,1-2H3,(H,17,18)(H,19,20)/t13-/m0/s1. The Morgan fingerprint density at radius 1 is 1.52 bits per heavy atom. The predicted octanol–water partition coefficient (Wildman–Crippen LogP) is 2.45. The molecule has 0 aromatic carbocycles. The molecule has 0 spiro atoms. The maximum absolute atomic E-state index is 11.9. The number of carbonyl (C=O) groups is 1. The minimum Gasteiger partial charge on any atom is -0.381 e. The highest BCUT2D eigenvalue weighted by Gasteiger charge is 2.13. The van der Waals surface area contributed by atoms with E-state index in [4.69, 9.17) is 4.74 Å². The largest absolute Gasteiger partial charge is 0.381 e. The third-order valence-electron chi connectivity index (χ3n) is 3.56. The van der Waals surface area contributed by atoms with Gasteiger partial charge in [-0.25, -0.2) is 4.98 Å². The number of hydrogen-bond acceptors (Lipinski definition) is 4. The number of carbonyl (C=O) groups excluding carboxylic acids is 1. The number of amides is 1. The Hall–Kier alpha value is -1.62. The van der Waals surface area contributed by atoms with Crippen molar-refractivity contribution < 1.29 is 9.53 Å². The zero-order chi connectivity index (χ0) is 15.1. The van der Waals surface area contributed by atoms with Crippen LogP contribution in [-0.4, -0.2) is 36.7 Å². The first-order valence-electron chi connectivity index (χ1n) is 7.73. The molecule has 1 saturated heterocycles. The second-order valence-electron chi connectivity index (χ2n) is 5.86. The Bertz CT molecular complexity index is 457. The fourth-order valence-electron chi connectivity index (χ4n) is 2.45. The minimum atomic E-state index is -0.0591. The summed E-state index contributed by atoms with van der Waals surface area (Å²) in [5.41, 5.74) is 0.641. The molecule has 1 atom stereocenters. The molecule has 1 aromatic rings. The van der Waals surface area contributed by atoms with Crippen molar-refractivity contribution in [3.63, 3.8) is 0 Å². The summed E-state index contributed by atoms with van der Waals surface area (Å²) >= 11 is 0. The summed E-state index contributed by atoms with van der Waals surface area (Å²) in [6, 6.07) is 3.67. The van der Waals surface area contributed by atoms with Crippen LogP contribution in [0.1, 0.15) is 43.5 Å². The van der Waals surface area contributed by atoms with E-state index in [-0.39, 0.29) is 11.9 Å². The van der Waals surface area contributed by atoms with Crippen molar-refractivity contribution in [2.24, 2.45) is 5.92 Å². The van der Waals surface area contributed by atoms with Crippen LogP contribution in [-0.2, 0) is 4.74 Å². The van der Waals surface area contributed by atoms with Gasteiger partial charge in [0.15, 0.2) is 0 Å². The van der Waals surface area contributed by atoms with Gasteiger partial charge < -0.3 is 15.4 Å². The molecule has 0 saturated carbocycles. The van der Waals surface area contributed by atoms with Gasteiger partial charge in [-0.05, 0) is 51.2 Å². The Kier molecular flexibility index (Phi) is 5.99. The topological polar surface area (TPSA) is 63.2 Å². The molecular formula is C16H25N3O2. The zero-order valence-electron chi connectivity index (χ0n) is 12.9. The molecule has 1 aliphatic rings. The number of rotatable bonds is 6. The van der Waals surface area contributed by atoms with Gasteiger partial charge >= 0.3 is 0 Å². The summed E-state index contributed by atoms with van der Waals surface area (Å²) < 4.78 is 5.48. The average Bonchev–Trinajstić information content (AvgIpc) is 2.48. The number of hydrogen-bond donors (Lipinski definition) is 2. The van der Waals surface area contributed by atoms with Gasteiger partial charge in [-0.15, -0.1) is 0 Å². The van der Waals surface area contributed by atoms with E-state index in [2.05, 4.69) is 15.6 Å². The Balaban J connectivity index is 1.81. The van der Waals surface area contributed by atoms with E-state index < -0.39 is 0 Å². The van der Waals surface area contributed by atoms with Crippen molar-refractivity contribution in [3.8, 4) is 0 Å². The molecule has 0 aliphatic carbocycles. The summed E-state index contributed by atoms with van der Waals surface area (Å²) in [4.78, 5) is 16.2. The third kappa shape index (κ3) is 5.34. The first-order chi connectivity index (χ1) is 10.1. The SMILES string of the molecule is CC(C)NC(=O)c1ccnc(NCC[C@@H]2CCCOC2)c1. The van der Waals surface area contributed by atoms with Gasteiger partial charge in [-0.3, -0.25) is 4.79 Å². The van der Waals surface area contributed by atoms with E-state index in [1.807, 2.05) is 13.8 Å². The van der Waals surface area contributed by atoms with E-state index in [0.29, 0.717) is 11.5 Å². The van der Waals surface area contributed by atoms with Crippen molar-refractivity contribution in [1.82, 2.24) is 10.3 Å². The summed E-state index contributed by atoms with van der Waals surface area (Å²) in [6.07, 6.45) is 5.14. The van der Waals surface area contributed by atoms with Crippen LogP contribution < -0.4 is 10.6 Å². The van der Waals surface area contributed by atoms with Crippen molar-refractivity contribution in [2.45, 2.75) is 39.2 Å². The van der Waals surface area contributed by atoms with E-state index >= 15 is 0 Å². The van der Waals surface area contributed by atoms with Crippen molar-refractivity contribution in [3.05, 3.63) is 23.9 Å². The highest BCUT2D eigenvalue weighted by Crippen LogP contribution is 2.17. The molecule has 1 fully saturated rings. The van der Waals surface area contributed by atoms with Gasteiger partial charge in [0.25, 0.3) is 5.91 Å². The van der Waals surface area contributed by atoms with Gasteiger partial charge in [-0.1, -0.05) is 0 Å². The summed E-state index contributed by atoms with van der Waals surface area (Å²) in [6.45, 7) is 6.52. The van der Waals surface area contributed by atoms with Crippen LogP contribution in [0.15, 0.2) is 18.3 Å². The molecule has 5 heteroatoms. The molecule has 1 amide bonds. The lowest BCUT2D eigenvalue weighted by Gasteiger charge is -2.22. The van der Waals surface area contributed by atoms with Gasteiger partial charge in [0, 0.05) is 37.6 Å². The van der Waals surface area contributed by atoms with Crippen LogP contribution >= 0.6 is 0 Å². The Morgan fingerprint density at radius 2 is 2.38 bits per heavy atom. The second kappa shape index (κ2) is 7.98.